The number of aromatic nitrogens is 1. The van der Waals surface area contributed by atoms with Crippen molar-refractivity contribution in [3.63, 3.8) is 0 Å². The van der Waals surface area contributed by atoms with E-state index in [-0.39, 0.29) is 34.8 Å². The van der Waals surface area contributed by atoms with Crippen LogP contribution in [0.3, 0.4) is 0 Å². The number of nitrogens with one attached hydrogen (secondary N) is 1. The maximum absolute atomic E-state index is 14.7. The molecule has 0 amide bonds. The van der Waals surface area contributed by atoms with E-state index in [9.17, 15) is 22.0 Å². The molecular formula is C22H16F2N2O6S. The summed E-state index contributed by atoms with van der Waals surface area (Å²) >= 11 is 0. The van der Waals surface area contributed by atoms with Crippen molar-refractivity contribution in [2.75, 3.05) is 4.72 Å². The number of nitrogens with zero attached hydrogens (tertiary/aromatic N) is 1. The quantitative estimate of drug-likeness (QED) is 0.315. The summed E-state index contributed by atoms with van der Waals surface area (Å²) < 4.78 is 71.9. The Kier molecular flexibility index (Phi) is 5.83. The molecule has 0 unspecified atom stereocenters. The average Bonchev–Trinajstić information content (AvgIpc) is 2.74. The number of anilines is 1. The van der Waals surface area contributed by atoms with E-state index < -0.39 is 33.3 Å². The molecule has 4 rings (SSSR count). The van der Waals surface area contributed by atoms with Gasteiger partial charge < -0.3 is 9.15 Å². The van der Waals surface area contributed by atoms with Crippen molar-refractivity contribution < 1.29 is 30.9 Å². The molecule has 0 aliphatic rings. The fourth-order valence-electron chi connectivity index (χ4n) is 3.32. The molecule has 0 radical (unpaired) electrons. The van der Waals surface area contributed by atoms with E-state index in [2.05, 4.69) is 4.98 Å². The molecule has 2 N–H and O–H groups in total. The van der Waals surface area contributed by atoms with Gasteiger partial charge in [-0.2, -0.15) is 8.42 Å². The van der Waals surface area contributed by atoms with Gasteiger partial charge in [0.15, 0.2) is 11.6 Å². The molecule has 0 saturated heterocycles. The Morgan fingerprint density at radius 1 is 1.15 bits per heavy atom. The van der Waals surface area contributed by atoms with Gasteiger partial charge in [-0.1, -0.05) is 12.1 Å². The normalized spacial score (nSPS) is 11.5. The molecule has 33 heavy (non-hydrogen) atoms. The molecule has 0 fully saturated rings. The third kappa shape index (κ3) is 4.83. The number of fused-ring (bicyclic) bond motifs is 1. The second-order valence-electron chi connectivity index (χ2n) is 7.08. The summed E-state index contributed by atoms with van der Waals surface area (Å²) in [6, 6.07) is 11.1. The van der Waals surface area contributed by atoms with E-state index in [1.54, 1.807) is 23.8 Å². The topological polar surface area (TPSA) is 119 Å². The number of ether oxygens (including phenoxy) is 1. The Bertz CT molecular complexity index is 1540. The van der Waals surface area contributed by atoms with Gasteiger partial charge in [-0.3, -0.25) is 9.27 Å². The Morgan fingerprint density at radius 3 is 2.67 bits per heavy atom. The van der Waals surface area contributed by atoms with Crippen LogP contribution in [-0.4, -0.2) is 18.0 Å². The molecule has 0 bridgehead atoms. The van der Waals surface area contributed by atoms with Gasteiger partial charge >= 0.3 is 15.9 Å². The lowest BCUT2D eigenvalue weighted by Gasteiger charge is -2.12. The Balaban J connectivity index is 1.70. The first-order valence-corrected chi connectivity index (χ1v) is 10.9. The first-order chi connectivity index (χ1) is 15.6. The Morgan fingerprint density at radius 2 is 1.94 bits per heavy atom. The summed E-state index contributed by atoms with van der Waals surface area (Å²) in [6.45, 7) is 1.66. The first-order valence-electron chi connectivity index (χ1n) is 9.49. The molecule has 170 valence electrons. The third-order valence-corrected chi connectivity index (χ3v) is 5.36. The van der Waals surface area contributed by atoms with Gasteiger partial charge in [0.2, 0.25) is 0 Å². The molecular weight excluding hydrogens is 458 g/mol. The van der Waals surface area contributed by atoms with Gasteiger partial charge in [0.05, 0.1) is 5.69 Å². The Hall–Kier alpha value is -3.83. The fourth-order valence-corrected chi connectivity index (χ4v) is 3.76. The summed E-state index contributed by atoms with van der Waals surface area (Å²) in [7, 11) is -4.67. The van der Waals surface area contributed by atoms with Gasteiger partial charge in [-0.25, -0.2) is 18.6 Å². The van der Waals surface area contributed by atoms with Crippen LogP contribution >= 0.6 is 0 Å². The smallest absolute Gasteiger partial charge is 0.357 e. The zero-order valence-corrected chi connectivity index (χ0v) is 17.8. The summed E-state index contributed by atoms with van der Waals surface area (Å²) in [5.41, 5.74) is -0.310. The number of hydrogen-bond acceptors (Lipinski definition) is 6. The number of pyridine rings is 1. The molecule has 2 aromatic heterocycles. The predicted octanol–water partition coefficient (Wildman–Crippen LogP) is 4.37. The van der Waals surface area contributed by atoms with Crippen molar-refractivity contribution in [3.05, 3.63) is 93.5 Å². The van der Waals surface area contributed by atoms with Crippen molar-refractivity contribution >= 4 is 27.0 Å². The van der Waals surface area contributed by atoms with Crippen molar-refractivity contribution in [1.29, 1.82) is 0 Å². The number of hydrogen-bond donors (Lipinski definition) is 2. The maximum atomic E-state index is 14.7. The van der Waals surface area contributed by atoms with Crippen LogP contribution in [0.25, 0.3) is 11.0 Å². The van der Waals surface area contributed by atoms with E-state index in [0.717, 1.165) is 6.07 Å². The van der Waals surface area contributed by atoms with Crippen molar-refractivity contribution in [1.82, 2.24) is 4.98 Å². The lowest BCUT2D eigenvalue weighted by molar-refractivity contribution is 0.422. The van der Waals surface area contributed by atoms with Gasteiger partial charge in [0.1, 0.15) is 11.3 Å². The van der Waals surface area contributed by atoms with E-state index >= 15 is 0 Å². The van der Waals surface area contributed by atoms with E-state index in [1.165, 1.54) is 36.5 Å². The van der Waals surface area contributed by atoms with Gasteiger partial charge in [-0.15, -0.1) is 0 Å². The van der Waals surface area contributed by atoms with Crippen LogP contribution in [0.2, 0.25) is 0 Å². The molecule has 2 aromatic carbocycles. The minimum atomic E-state index is -4.67. The molecule has 0 atom stereocenters. The second kappa shape index (κ2) is 8.60. The van der Waals surface area contributed by atoms with E-state index in [1.807, 2.05) is 0 Å². The minimum absolute atomic E-state index is 0.0176. The zero-order chi connectivity index (χ0) is 23.8. The third-order valence-electron chi connectivity index (χ3n) is 4.88. The van der Waals surface area contributed by atoms with Crippen LogP contribution in [0, 0.1) is 18.6 Å². The van der Waals surface area contributed by atoms with Crippen LogP contribution in [-0.2, 0) is 16.7 Å². The summed E-state index contributed by atoms with van der Waals surface area (Å²) in [5, 5.41) is 0.547. The number of rotatable bonds is 6. The molecule has 0 aliphatic heterocycles. The van der Waals surface area contributed by atoms with Gasteiger partial charge in [0, 0.05) is 29.6 Å². The molecule has 4 aromatic rings. The summed E-state index contributed by atoms with van der Waals surface area (Å²) in [5.74, 6) is -1.62. The average molecular weight is 474 g/mol. The lowest BCUT2D eigenvalue weighted by atomic mass is 9.99. The number of benzene rings is 2. The first kappa shape index (κ1) is 22.4. The van der Waals surface area contributed by atoms with Crippen LogP contribution in [0.15, 0.2) is 63.9 Å². The Labute approximate surface area is 186 Å². The van der Waals surface area contributed by atoms with Crippen molar-refractivity contribution in [3.8, 4) is 11.6 Å². The molecule has 0 aliphatic carbocycles. The highest BCUT2D eigenvalue weighted by atomic mass is 32.2. The fraction of sp³-hybridized carbons (Fsp3) is 0.0909. The number of halogens is 2. The summed E-state index contributed by atoms with van der Waals surface area (Å²) in [4.78, 5) is 16.5. The highest BCUT2D eigenvalue weighted by Gasteiger charge is 2.18. The standard InChI is InChI=1S/C22H16F2N2O6S/c1-12-15-8-7-14(31-21-17(23)5-3-9-25-21)11-19(15)32-22(27)16(12)10-13-4-2-6-18(20(13)24)26-33(28,29)30/h2-9,11,26H,10H2,1H3,(H,28,29,30). The molecule has 11 heteroatoms. The SMILES string of the molecule is Cc1c(Cc2cccc(NS(=O)(=O)O)c2F)c(=O)oc2cc(Oc3ncccc3F)ccc12. The second-order valence-corrected chi connectivity index (χ2v) is 8.23. The monoisotopic (exact) mass is 474 g/mol. The zero-order valence-electron chi connectivity index (χ0n) is 17.0. The van der Waals surface area contributed by atoms with Crippen LogP contribution in [0.5, 0.6) is 11.6 Å². The van der Waals surface area contributed by atoms with Gasteiger partial charge in [0.25, 0.3) is 5.88 Å². The minimum Gasteiger partial charge on any atom is -0.436 e. The molecule has 0 saturated carbocycles. The van der Waals surface area contributed by atoms with Crippen molar-refractivity contribution in [2.45, 2.75) is 13.3 Å². The van der Waals surface area contributed by atoms with Crippen LogP contribution in [0.1, 0.15) is 16.7 Å². The maximum Gasteiger partial charge on any atom is 0.357 e. The highest BCUT2D eigenvalue weighted by molar-refractivity contribution is 7.87. The lowest BCUT2D eigenvalue weighted by Crippen LogP contribution is -2.14. The van der Waals surface area contributed by atoms with E-state index in [4.69, 9.17) is 13.7 Å². The summed E-state index contributed by atoms with van der Waals surface area (Å²) in [6.07, 6.45) is 1.18. The largest absolute Gasteiger partial charge is 0.436 e. The molecule has 0 spiro atoms. The highest BCUT2D eigenvalue weighted by Crippen LogP contribution is 2.29. The number of aryl methyl sites for hydroxylation is 1. The molecule has 8 nitrogen and oxygen atoms in total. The van der Waals surface area contributed by atoms with E-state index in [0.29, 0.717) is 10.9 Å². The van der Waals surface area contributed by atoms with Gasteiger partial charge in [-0.05, 0) is 48.4 Å². The van der Waals surface area contributed by atoms with Crippen LogP contribution < -0.4 is 15.1 Å². The molecule has 2 heterocycles. The predicted molar refractivity (Wildman–Crippen MR) is 116 cm³/mol. The van der Waals surface area contributed by atoms with Crippen molar-refractivity contribution in [2.24, 2.45) is 0 Å². The van der Waals surface area contributed by atoms with Crippen LogP contribution in [0.4, 0.5) is 14.5 Å².